The summed E-state index contributed by atoms with van der Waals surface area (Å²) in [4.78, 5) is 2.44. The topological polar surface area (TPSA) is 36.5 Å². The largest absolute Gasteiger partial charge is 0.496 e. The Hall–Kier alpha value is -1.10. The minimum atomic E-state index is 0.860. The van der Waals surface area contributed by atoms with E-state index in [0.29, 0.717) is 0 Å². The van der Waals surface area contributed by atoms with Crippen molar-refractivity contribution in [3.8, 4) is 5.75 Å². The molecule has 0 aromatic heterocycles. The zero-order valence-corrected chi connectivity index (χ0v) is 12.3. The van der Waals surface area contributed by atoms with Crippen molar-refractivity contribution in [2.75, 3.05) is 40.0 Å². The van der Waals surface area contributed by atoms with Crippen molar-refractivity contribution < 1.29 is 4.74 Å². The van der Waals surface area contributed by atoms with Gasteiger partial charge < -0.3 is 15.4 Å². The third kappa shape index (κ3) is 3.93. The van der Waals surface area contributed by atoms with Crippen molar-refractivity contribution in [1.82, 2.24) is 15.5 Å². The fourth-order valence-corrected chi connectivity index (χ4v) is 2.58. The van der Waals surface area contributed by atoms with Crippen molar-refractivity contribution in [2.24, 2.45) is 0 Å². The van der Waals surface area contributed by atoms with E-state index in [1.165, 1.54) is 16.7 Å². The first kappa shape index (κ1) is 14.3. The van der Waals surface area contributed by atoms with Crippen LogP contribution < -0.4 is 15.4 Å². The SMILES string of the molecule is COc1cc(C)cc(C)c1CNCN1CCNCC1. The molecule has 4 heteroatoms. The van der Waals surface area contributed by atoms with Gasteiger partial charge in [-0.3, -0.25) is 4.90 Å². The van der Waals surface area contributed by atoms with Gasteiger partial charge in [0.15, 0.2) is 0 Å². The van der Waals surface area contributed by atoms with Crippen molar-refractivity contribution >= 4 is 0 Å². The number of nitrogens with one attached hydrogen (secondary N) is 2. The zero-order chi connectivity index (χ0) is 13.7. The Morgan fingerprint density at radius 2 is 2.00 bits per heavy atom. The van der Waals surface area contributed by atoms with Gasteiger partial charge in [-0.15, -0.1) is 0 Å². The minimum absolute atomic E-state index is 0.860. The van der Waals surface area contributed by atoms with Crippen LogP contribution in [-0.2, 0) is 6.54 Å². The smallest absolute Gasteiger partial charge is 0.123 e. The Bertz CT molecular complexity index is 414. The first-order valence-corrected chi connectivity index (χ1v) is 6.98. The minimum Gasteiger partial charge on any atom is -0.496 e. The molecule has 1 aromatic carbocycles. The Kier molecular flexibility index (Phi) is 5.19. The fourth-order valence-electron chi connectivity index (χ4n) is 2.58. The van der Waals surface area contributed by atoms with Crippen LogP contribution in [0.2, 0.25) is 0 Å². The van der Waals surface area contributed by atoms with E-state index < -0.39 is 0 Å². The van der Waals surface area contributed by atoms with Gasteiger partial charge in [-0.25, -0.2) is 0 Å². The number of aryl methyl sites for hydroxylation is 2. The first-order valence-electron chi connectivity index (χ1n) is 6.98. The third-order valence-corrected chi connectivity index (χ3v) is 3.64. The molecule has 0 atom stereocenters. The van der Waals surface area contributed by atoms with Gasteiger partial charge in [-0.1, -0.05) is 6.07 Å². The van der Waals surface area contributed by atoms with E-state index in [1.807, 2.05) is 0 Å². The Labute approximate surface area is 116 Å². The maximum Gasteiger partial charge on any atom is 0.123 e. The highest BCUT2D eigenvalue weighted by Crippen LogP contribution is 2.23. The Morgan fingerprint density at radius 1 is 1.26 bits per heavy atom. The highest BCUT2D eigenvalue weighted by atomic mass is 16.5. The molecule has 1 heterocycles. The summed E-state index contributed by atoms with van der Waals surface area (Å²) in [6, 6.07) is 4.32. The summed E-state index contributed by atoms with van der Waals surface area (Å²) in [6.07, 6.45) is 0. The molecule has 0 amide bonds. The lowest BCUT2D eigenvalue weighted by atomic mass is 10.0. The van der Waals surface area contributed by atoms with Crippen LogP contribution in [0.15, 0.2) is 12.1 Å². The van der Waals surface area contributed by atoms with Crippen molar-refractivity contribution in [3.63, 3.8) is 0 Å². The Morgan fingerprint density at radius 3 is 2.68 bits per heavy atom. The van der Waals surface area contributed by atoms with Gasteiger partial charge in [0, 0.05) is 45.0 Å². The first-order chi connectivity index (χ1) is 9.20. The standard InChI is InChI=1S/C15H25N3O/c1-12-8-13(2)14(15(9-12)19-3)10-17-11-18-6-4-16-5-7-18/h8-9,16-17H,4-7,10-11H2,1-3H3. The molecule has 4 nitrogen and oxygen atoms in total. The summed E-state index contributed by atoms with van der Waals surface area (Å²) >= 11 is 0. The second kappa shape index (κ2) is 6.89. The molecule has 1 fully saturated rings. The monoisotopic (exact) mass is 263 g/mol. The highest BCUT2D eigenvalue weighted by Gasteiger charge is 2.10. The molecule has 1 saturated heterocycles. The van der Waals surface area contributed by atoms with Gasteiger partial charge in [-0.05, 0) is 31.0 Å². The molecule has 0 aliphatic carbocycles. The van der Waals surface area contributed by atoms with Crippen molar-refractivity contribution in [1.29, 1.82) is 0 Å². The summed E-state index contributed by atoms with van der Waals surface area (Å²) in [5.41, 5.74) is 3.81. The van der Waals surface area contributed by atoms with Crippen LogP contribution in [0.5, 0.6) is 5.75 Å². The number of ether oxygens (including phenoxy) is 1. The average molecular weight is 263 g/mol. The zero-order valence-electron chi connectivity index (χ0n) is 12.3. The molecule has 1 aliphatic rings. The number of hydrogen-bond acceptors (Lipinski definition) is 4. The van der Waals surface area contributed by atoms with E-state index in [9.17, 15) is 0 Å². The highest BCUT2D eigenvalue weighted by molar-refractivity contribution is 5.42. The van der Waals surface area contributed by atoms with Gasteiger partial charge >= 0.3 is 0 Å². The quantitative estimate of drug-likeness (QED) is 0.839. The van der Waals surface area contributed by atoms with E-state index in [1.54, 1.807) is 7.11 Å². The van der Waals surface area contributed by atoms with Gasteiger partial charge in [0.05, 0.1) is 7.11 Å². The molecular weight excluding hydrogens is 238 g/mol. The third-order valence-electron chi connectivity index (χ3n) is 3.64. The molecular formula is C15H25N3O. The molecule has 0 saturated carbocycles. The molecule has 0 radical (unpaired) electrons. The molecule has 2 rings (SSSR count). The summed E-state index contributed by atoms with van der Waals surface area (Å²) in [7, 11) is 1.74. The van der Waals surface area contributed by atoms with Crippen molar-refractivity contribution in [3.05, 3.63) is 28.8 Å². The van der Waals surface area contributed by atoms with E-state index in [0.717, 1.165) is 45.1 Å². The van der Waals surface area contributed by atoms with E-state index in [4.69, 9.17) is 4.74 Å². The number of nitrogens with zero attached hydrogens (tertiary/aromatic N) is 1. The predicted octanol–water partition coefficient (Wildman–Crippen LogP) is 1.26. The van der Waals surface area contributed by atoms with Gasteiger partial charge in [-0.2, -0.15) is 0 Å². The number of hydrogen-bond donors (Lipinski definition) is 2. The summed E-state index contributed by atoms with van der Waals surface area (Å²) in [5, 5.41) is 6.89. The van der Waals surface area contributed by atoms with Crippen molar-refractivity contribution in [2.45, 2.75) is 20.4 Å². The maximum absolute atomic E-state index is 5.49. The summed E-state index contributed by atoms with van der Waals surface area (Å²) in [5.74, 6) is 0.991. The second-order valence-electron chi connectivity index (χ2n) is 5.22. The van der Waals surface area contributed by atoms with Crippen LogP contribution in [0.3, 0.4) is 0 Å². The lowest BCUT2D eigenvalue weighted by Crippen LogP contribution is -2.46. The number of benzene rings is 1. The Balaban J connectivity index is 1.91. The molecule has 0 bridgehead atoms. The predicted molar refractivity (Wildman–Crippen MR) is 78.6 cm³/mol. The van der Waals surface area contributed by atoms with Gasteiger partial charge in [0.25, 0.3) is 0 Å². The van der Waals surface area contributed by atoms with E-state index in [-0.39, 0.29) is 0 Å². The molecule has 2 N–H and O–H groups in total. The normalized spacial score (nSPS) is 16.6. The van der Waals surface area contributed by atoms with Crippen LogP contribution in [0, 0.1) is 13.8 Å². The van der Waals surface area contributed by atoms with E-state index in [2.05, 4.69) is 41.5 Å². The molecule has 0 unspecified atom stereocenters. The lowest BCUT2D eigenvalue weighted by molar-refractivity contribution is 0.222. The molecule has 1 aliphatic heterocycles. The second-order valence-corrected chi connectivity index (χ2v) is 5.22. The van der Waals surface area contributed by atoms with E-state index >= 15 is 0 Å². The summed E-state index contributed by atoms with van der Waals surface area (Å²) in [6.45, 7) is 10.5. The number of piperazine rings is 1. The lowest BCUT2D eigenvalue weighted by Gasteiger charge is -2.27. The van der Waals surface area contributed by atoms with Crippen LogP contribution >= 0.6 is 0 Å². The van der Waals surface area contributed by atoms with Crippen LogP contribution in [0.4, 0.5) is 0 Å². The molecule has 106 valence electrons. The fraction of sp³-hybridized carbons (Fsp3) is 0.600. The molecule has 0 spiro atoms. The van der Waals surface area contributed by atoms with Crippen LogP contribution in [-0.4, -0.2) is 44.9 Å². The maximum atomic E-state index is 5.49. The van der Waals surface area contributed by atoms with Crippen LogP contribution in [0.1, 0.15) is 16.7 Å². The summed E-state index contributed by atoms with van der Waals surface area (Å²) < 4.78 is 5.49. The number of methoxy groups -OCH3 is 1. The molecule has 1 aromatic rings. The molecule has 19 heavy (non-hydrogen) atoms. The van der Waals surface area contributed by atoms with Gasteiger partial charge in [0.1, 0.15) is 5.75 Å². The average Bonchev–Trinajstić information content (AvgIpc) is 2.42. The van der Waals surface area contributed by atoms with Gasteiger partial charge in [0.2, 0.25) is 0 Å². The van der Waals surface area contributed by atoms with Crippen LogP contribution in [0.25, 0.3) is 0 Å². The number of rotatable bonds is 5.